The second-order valence-corrected chi connectivity index (χ2v) is 6.23. The van der Waals surface area contributed by atoms with Crippen LogP contribution in [0.1, 0.15) is 51.3 Å². The summed E-state index contributed by atoms with van der Waals surface area (Å²) in [6.07, 6.45) is 1.57. The van der Waals surface area contributed by atoms with Gasteiger partial charge in [-0.25, -0.2) is 0 Å². The molecule has 0 fully saturated rings. The number of benzene rings is 1. The third kappa shape index (κ3) is 3.06. The molecule has 2 unspecified atom stereocenters. The quantitative estimate of drug-likeness (QED) is 0.524. The first kappa shape index (κ1) is 17.8. The molecule has 0 radical (unpaired) electrons. The molecule has 1 heterocycles. The summed E-state index contributed by atoms with van der Waals surface area (Å²) in [4.78, 5) is 5.83. The predicted octanol–water partition coefficient (Wildman–Crippen LogP) is 2.74. The van der Waals surface area contributed by atoms with E-state index in [4.69, 9.17) is 10.00 Å². The van der Waals surface area contributed by atoms with Crippen molar-refractivity contribution in [1.82, 2.24) is 4.90 Å². The molecule has 0 spiro atoms. The number of nitrogens with zero attached hydrogens (tertiary/aromatic N) is 4. The monoisotopic (exact) mass is 326 g/mol. The second-order valence-electron chi connectivity index (χ2n) is 6.23. The van der Waals surface area contributed by atoms with E-state index in [0.29, 0.717) is 30.1 Å². The average Bonchev–Trinajstić information content (AvgIpc) is 2.57. The van der Waals surface area contributed by atoms with Gasteiger partial charge >= 0.3 is 0 Å². The van der Waals surface area contributed by atoms with Crippen molar-refractivity contribution in [3.8, 4) is 18.0 Å². The van der Waals surface area contributed by atoms with Crippen LogP contribution in [0.25, 0.3) is 0 Å². The first-order valence-electron chi connectivity index (χ1n) is 8.03. The van der Waals surface area contributed by atoms with Gasteiger partial charge in [-0.2, -0.15) is 15.5 Å². The van der Waals surface area contributed by atoms with Crippen molar-refractivity contribution in [1.29, 1.82) is 10.5 Å². The van der Waals surface area contributed by atoms with Gasteiger partial charge in [0.2, 0.25) is 6.19 Å². The molecule has 0 saturated carbocycles. The average molecular weight is 326 g/mol. The van der Waals surface area contributed by atoms with Gasteiger partial charge in [0.1, 0.15) is 23.3 Å². The molecule has 6 heteroatoms. The van der Waals surface area contributed by atoms with Crippen molar-refractivity contribution in [2.45, 2.75) is 51.9 Å². The largest absolute Gasteiger partial charge is 0.485 e. The Bertz CT molecular complexity index is 728. The fraction of sp³-hybridized carbons (Fsp3) is 0.500. The number of aliphatic hydroxyl groups excluding tert-OH is 1. The zero-order valence-electron chi connectivity index (χ0n) is 14.4. The lowest BCUT2D eigenvalue weighted by Gasteiger charge is -2.46. The Morgan fingerprint density at radius 2 is 2.08 bits per heavy atom. The molecule has 1 aliphatic heterocycles. The second kappa shape index (κ2) is 6.90. The van der Waals surface area contributed by atoms with E-state index in [1.807, 2.05) is 38.8 Å². The highest BCUT2D eigenvalue weighted by atomic mass is 16.5. The van der Waals surface area contributed by atoms with E-state index < -0.39 is 17.7 Å². The summed E-state index contributed by atoms with van der Waals surface area (Å²) in [5.41, 5.74) is 0.437. The van der Waals surface area contributed by atoms with Crippen molar-refractivity contribution in [2.75, 3.05) is 6.54 Å². The van der Waals surface area contributed by atoms with Crippen LogP contribution < -0.4 is 4.74 Å². The third-order valence-electron chi connectivity index (χ3n) is 4.35. The molecular weight excluding hydrogens is 304 g/mol. The maximum Gasteiger partial charge on any atom is 0.207 e. The number of likely N-dealkylation sites (N-methyl/N-ethyl adjacent to an activating group) is 1. The summed E-state index contributed by atoms with van der Waals surface area (Å²) < 4.78 is 5.94. The first-order valence-corrected chi connectivity index (χ1v) is 8.03. The summed E-state index contributed by atoms with van der Waals surface area (Å²) >= 11 is 0. The Labute approximate surface area is 142 Å². The SMILES string of the molecule is CCC(=NC#N)N(CC)C1c2cc(C#N)ccc2OC(C)(C)C1O. The molecule has 0 amide bonds. The molecule has 0 aliphatic carbocycles. The molecule has 0 saturated heterocycles. The number of fused-ring (bicyclic) bond motifs is 1. The highest BCUT2D eigenvalue weighted by molar-refractivity contribution is 5.83. The fourth-order valence-electron chi connectivity index (χ4n) is 3.12. The Balaban J connectivity index is 2.64. The first-order chi connectivity index (χ1) is 11.4. The Hall–Kier alpha value is -2.57. The molecule has 0 aromatic heterocycles. The zero-order valence-corrected chi connectivity index (χ0v) is 14.4. The number of nitriles is 2. The smallest absolute Gasteiger partial charge is 0.207 e. The molecule has 1 aromatic rings. The summed E-state index contributed by atoms with van der Waals surface area (Å²) in [5.74, 6) is 1.25. The topological polar surface area (TPSA) is 92.6 Å². The molecule has 1 aromatic carbocycles. The molecule has 126 valence electrons. The van der Waals surface area contributed by atoms with Gasteiger partial charge in [0.25, 0.3) is 0 Å². The van der Waals surface area contributed by atoms with Gasteiger partial charge in [-0.05, 0) is 39.0 Å². The lowest BCUT2D eigenvalue weighted by Crippen LogP contribution is -2.54. The Kier molecular flexibility index (Phi) is 5.11. The van der Waals surface area contributed by atoms with Crippen molar-refractivity contribution in [3.63, 3.8) is 0 Å². The number of hydrogen-bond donors (Lipinski definition) is 1. The molecule has 1 N–H and O–H groups in total. The summed E-state index contributed by atoms with van der Waals surface area (Å²) in [6, 6.07) is 6.88. The standard InChI is InChI=1S/C18H22N4O2/c1-5-15(21-11-20)22(6-2)16-13-9-12(10-19)7-8-14(13)24-18(3,4)17(16)23/h7-9,16-17,23H,5-6H2,1-4H3. The molecule has 24 heavy (non-hydrogen) atoms. The molecule has 2 atom stereocenters. The van der Waals surface area contributed by atoms with Crippen LogP contribution in [-0.2, 0) is 0 Å². The minimum Gasteiger partial charge on any atom is -0.485 e. The van der Waals surface area contributed by atoms with E-state index in [0.717, 1.165) is 5.56 Å². The number of rotatable bonds is 3. The Morgan fingerprint density at radius 1 is 1.38 bits per heavy atom. The number of hydrogen-bond acceptors (Lipinski definition) is 5. The zero-order chi connectivity index (χ0) is 17.9. The van der Waals surface area contributed by atoms with E-state index >= 15 is 0 Å². The van der Waals surface area contributed by atoms with Crippen LogP contribution in [0.5, 0.6) is 5.75 Å². The number of amidine groups is 1. The molecular formula is C18H22N4O2. The van der Waals surface area contributed by atoms with Crippen LogP contribution in [0.4, 0.5) is 0 Å². The van der Waals surface area contributed by atoms with Gasteiger partial charge in [-0.3, -0.25) is 0 Å². The number of ether oxygens (including phenoxy) is 1. The predicted molar refractivity (Wildman–Crippen MR) is 90.3 cm³/mol. The minimum absolute atomic E-state index is 0.436. The third-order valence-corrected chi connectivity index (χ3v) is 4.35. The van der Waals surface area contributed by atoms with Gasteiger partial charge in [0, 0.05) is 18.5 Å². The van der Waals surface area contributed by atoms with Crippen molar-refractivity contribution >= 4 is 5.84 Å². The van der Waals surface area contributed by atoms with Crippen LogP contribution in [-0.4, -0.2) is 34.1 Å². The van der Waals surface area contributed by atoms with Crippen LogP contribution >= 0.6 is 0 Å². The summed E-state index contributed by atoms with van der Waals surface area (Å²) in [5, 5.41) is 29.1. The van der Waals surface area contributed by atoms with Gasteiger partial charge in [0.15, 0.2) is 0 Å². The van der Waals surface area contributed by atoms with Crippen molar-refractivity contribution < 1.29 is 9.84 Å². The molecule has 2 rings (SSSR count). The van der Waals surface area contributed by atoms with Crippen LogP contribution in [0.15, 0.2) is 23.2 Å². The van der Waals surface area contributed by atoms with E-state index in [1.54, 1.807) is 18.2 Å². The highest BCUT2D eigenvalue weighted by Gasteiger charge is 2.45. The van der Waals surface area contributed by atoms with E-state index in [9.17, 15) is 10.4 Å². The molecule has 0 bridgehead atoms. The fourth-order valence-corrected chi connectivity index (χ4v) is 3.12. The van der Waals surface area contributed by atoms with Crippen molar-refractivity contribution in [2.24, 2.45) is 4.99 Å². The summed E-state index contributed by atoms with van der Waals surface area (Å²) in [6.45, 7) is 8.09. The van der Waals surface area contributed by atoms with Gasteiger partial charge in [-0.1, -0.05) is 6.92 Å². The lowest BCUT2D eigenvalue weighted by atomic mass is 9.84. The van der Waals surface area contributed by atoms with E-state index in [-0.39, 0.29) is 0 Å². The van der Waals surface area contributed by atoms with Crippen molar-refractivity contribution in [3.05, 3.63) is 29.3 Å². The van der Waals surface area contributed by atoms with Gasteiger partial charge in [0.05, 0.1) is 17.7 Å². The van der Waals surface area contributed by atoms with Gasteiger partial charge < -0.3 is 14.7 Å². The van der Waals surface area contributed by atoms with E-state index in [2.05, 4.69) is 11.1 Å². The normalized spacial score (nSPS) is 21.9. The van der Waals surface area contributed by atoms with Crippen LogP contribution in [0.3, 0.4) is 0 Å². The van der Waals surface area contributed by atoms with Gasteiger partial charge in [-0.15, -0.1) is 0 Å². The molecule has 6 nitrogen and oxygen atoms in total. The highest BCUT2D eigenvalue weighted by Crippen LogP contribution is 2.43. The maximum atomic E-state index is 10.9. The maximum absolute atomic E-state index is 10.9. The Morgan fingerprint density at radius 3 is 2.62 bits per heavy atom. The minimum atomic E-state index is -0.839. The van der Waals surface area contributed by atoms with E-state index in [1.165, 1.54) is 0 Å². The lowest BCUT2D eigenvalue weighted by molar-refractivity contribution is -0.0812. The number of aliphatic hydroxyl groups is 1. The molecule has 1 aliphatic rings. The van der Waals surface area contributed by atoms with Crippen LogP contribution in [0, 0.1) is 22.8 Å². The van der Waals surface area contributed by atoms with Crippen LogP contribution in [0.2, 0.25) is 0 Å². The summed E-state index contributed by atoms with van der Waals surface area (Å²) in [7, 11) is 0. The number of aliphatic imine (C=N–C) groups is 1.